The maximum atomic E-state index is 13.2. The van der Waals surface area contributed by atoms with Crippen LogP contribution in [0, 0.1) is 11.8 Å². The monoisotopic (exact) mass is 706 g/mol. The van der Waals surface area contributed by atoms with Crippen LogP contribution >= 0.6 is 0 Å². The molecule has 3 amide bonds. The summed E-state index contributed by atoms with van der Waals surface area (Å²) < 4.78 is 0. The molecule has 0 aliphatic heterocycles. The molecule has 0 aliphatic carbocycles. The zero-order chi connectivity index (χ0) is 38.2. The van der Waals surface area contributed by atoms with Gasteiger partial charge in [0.15, 0.2) is 5.78 Å². The van der Waals surface area contributed by atoms with Crippen molar-refractivity contribution >= 4 is 71.1 Å². The molecule has 0 bridgehead atoms. The second-order valence-electron chi connectivity index (χ2n) is 10.5. The van der Waals surface area contributed by atoms with E-state index in [0.717, 1.165) is 0 Å². The third kappa shape index (κ3) is 17.5. The van der Waals surface area contributed by atoms with Gasteiger partial charge in [-0.15, -0.1) is 0 Å². The Morgan fingerprint density at radius 3 is 1.00 bits per heavy atom. The highest BCUT2D eigenvalue weighted by Gasteiger charge is 2.35. The largest absolute Gasteiger partial charge is 0.481 e. The van der Waals surface area contributed by atoms with Crippen LogP contribution in [-0.4, -0.2) is 131 Å². The maximum Gasteiger partial charge on any atom is 0.326 e. The molecule has 23 heteroatoms. The van der Waals surface area contributed by atoms with E-state index in [1.54, 1.807) is 10.6 Å². The van der Waals surface area contributed by atoms with Crippen LogP contribution in [0.5, 0.6) is 0 Å². The van der Waals surface area contributed by atoms with Crippen molar-refractivity contribution in [3.8, 4) is 0 Å². The lowest BCUT2D eigenvalue weighted by atomic mass is 9.85. The van der Waals surface area contributed by atoms with Crippen LogP contribution < -0.4 is 21.7 Å². The second kappa shape index (κ2) is 20.3. The summed E-state index contributed by atoms with van der Waals surface area (Å²) in [7, 11) is 0. The Balaban J connectivity index is 6.06. The van der Waals surface area contributed by atoms with Gasteiger partial charge in [-0.05, 0) is 0 Å². The Morgan fingerprint density at radius 1 is 0.388 bits per heavy atom. The molecule has 272 valence electrons. The first-order chi connectivity index (χ1) is 22.5. The summed E-state index contributed by atoms with van der Waals surface area (Å²) in [4.78, 5) is 141. The summed E-state index contributed by atoms with van der Waals surface area (Å²) in [6.45, 7) is 0. The van der Waals surface area contributed by atoms with E-state index in [4.69, 9.17) is 31.3 Å². The van der Waals surface area contributed by atoms with Crippen molar-refractivity contribution in [2.45, 2.75) is 75.5 Å². The van der Waals surface area contributed by atoms with Gasteiger partial charge in [0, 0.05) is 38.0 Å². The number of amides is 3. The number of nitrogens with one attached hydrogen (secondary N) is 3. The predicted molar refractivity (Wildman–Crippen MR) is 151 cm³/mol. The molecule has 0 aromatic carbocycles. The average Bonchev–Trinajstić information content (AvgIpc) is 2.94. The van der Waals surface area contributed by atoms with Crippen molar-refractivity contribution < 1.29 is 93.3 Å². The smallest absolute Gasteiger partial charge is 0.326 e. The molecular weight excluding hydrogens is 672 g/mol. The molecule has 0 spiro atoms. The van der Waals surface area contributed by atoms with Crippen LogP contribution in [0.4, 0.5) is 0 Å². The molecule has 0 fully saturated rings. The fourth-order valence-electron chi connectivity index (χ4n) is 4.00. The Labute approximate surface area is 273 Å². The molecule has 0 rings (SSSR count). The summed E-state index contributed by atoms with van der Waals surface area (Å²) in [6.07, 6.45) is -8.55. The Bertz CT molecular complexity index is 1360. The fourth-order valence-corrected chi connectivity index (χ4v) is 4.00. The lowest BCUT2D eigenvalue weighted by Crippen LogP contribution is -2.46. The zero-order valence-electron chi connectivity index (χ0n) is 25.2. The van der Waals surface area contributed by atoms with Gasteiger partial charge in [0.25, 0.3) is 0 Å². The molecule has 0 aliphatic rings. The van der Waals surface area contributed by atoms with Gasteiger partial charge in [0.05, 0.1) is 31.2 Å². The van der Waals surface area contributed by atoms with Crippen LogP contribution in [0.25, 0.3) is 0 Å². The van der Waals surface area contributed by atoms with Gasteiger partial charge >= 0.3 is 41.8 Å². The zero-order valence-corrected chi connectivity index (χ0v) is 25.2. The summed E-state index contributed by atoms with van der Waals surface area (Å²) in [5.41, 5.74) is 5.68. The third-order valence-electron chi connectivity index (χ3n) is 6.42. The van der Waals surface area contributed by atoms with Crippen LogP contribution in [-0.2, 0) is 57.5 Å². The molecule has 6 atom stereocenters. The van der Waals surface area contributed by atoms with E-state index in [2.05, 4.69) is 0 Å². The number of nitrogens with two attached hydrogens (primary N) is 1. The topological polar surface area (TPSA) is 409 Å². The van der Waals surface area contributed by atoms with Gasteiger partial charge in [-0.3, -0.25) is 43.2 Å². The lowest BCUT2D eigenvalue weighted by Gasteiger charge is -2.21. The summed E-state index contributed by atoms with van der Waals surface area (Å²) in [5, 5.41) is 68.7. The lowest BCUT2D eigenvalue weighted by molar-refractivity contribution is -0.149. The molecule has 0 aromatic rings. The molecule has 0 unspecified atom stereocenters. The minimum atomic E-state index is -2.01. The van der Waals surface area contributed by atoms with Gasteiger partial charge in [-0.1, -0.05) is 0 Å². The first-order valence-corrected chi connectivity index (χ1v) is 13.8. The highest BCUT2D eigenvalue weighted by Crippen LogP contribution is 2.20. The minimum Gasteiger partial charge on any atom is -0.481 e. The number of hydrogen-bond acceptors (Lipinski definition) is 13. The number of Topliss-reactive ketones (excluding diaryl/α,β-unsaturated/α-hetero) is 2. The average molecular weight is 707 g/mol. The van der Waals surface area contributed by atoms with Crippen molar-refractivity contribution in [3.63, 3.8) is 0 Å². The van der Waals surface area contributed by atoms with Crippen molar-refractivity contribution in [1.29, 1.82) is 0 Å². The van der Waals surface area contributed by atoms with Gasteiger partial charge in [-0.2, -0.15) is 0 Å². The van der Waals surface area contributed by atoms with E-state index in [1.807, 2.05) is 5.32 Å². The summed E-state index contributed by atoms with van der Waals surface area (Å²) in [6, 6.07) is -7.73. The number of carboxylic acid groups (broad SMARTS) is 7. The number of aliphatic carboxylic acids is 7. The molecule has 49 heavy (non-hydrogen) atoms. The molecule has 0 saturated carbocycles. The van der Waals surface area contributed by atoms with Crippen LogP contribution in [0.15, 0.2) is 0 Å². The summed E-state index contributed by atoms with van der Waals surface area (Å²) in [5.74, 6) is -22.0. The summed E-state index contributed by atoms with van der Waals surface area (Å²) >= 11 is 0. The van der Waals surface area contributed by atoms with Gasteiger partial charge in [0.2, 0.25) is 17.7 Å². The van der Waals surface area contributed by atoms with Crippen molar-refractivity contribution in [3.05, 3.63) is 0 Å². The SMILES string of the molecule is N[C@H](CC(=O)N[C@@H](CC(=O)O)C(=O)O)C(=O)C[C@H](CC(=O)N[C@@H](CC(=O)O)C(=O)O)C(=O)C[C@H](CC(=O)N[C@@H](CC(=O)O)C(=O)O)C(=O)O. The van der Waals surface area contributed by atoms with E-state index >= 15 is 0 Å². The quantitative estimate of drug-likeness (QED) is 0.0429. The molecule has 23 nitrogen and oxygen atoms in total. The number of carboxylic acids is 7. The molecule has 0 heterocycles. The van der Waals surface area contributed by atoms with Gasteiger partial charge in [0.1, 0.15) is 23.9 Å². The molecular formula is C26H34N4O19. The number of rotatable bonds is 25. The van der Waals surface area contributed by atoms with Crippen molar-refractivity contribution in [2.24, 2.45) is 17.6 Å². The van der Waals surface area contributed by atoms with Gasteiger partial charge in [-0.25, -0.2) is 14.4 Å². The van der Waals surface area contributed by atoms with Crippen molar-refractivity contribution in [1.82, 2.24) is 16.0 Å². The van der Waals surface area contributed by atoms with E-state index in [1.165, 1.54) is 0 Å². The molecule has 0 saturated heterocycles. The Hall–Kier alpha value is -6.00. The normalized spacial score (nSPS) is 14.3. The Morgan fingerprint density at radius 2 is 0.694 bits per heavy atom. The van der Waals surface area contributed by atoms with E-state index in [0.29, 0.717) is 0 Å². The van der Waals surface area contributed by atoms with Crippen LogP contribution in [0.2, 0.25) is 0 Å². The van der Waals surface area contributed by atoms with Crippen LogP contribution in [0.3, 0.4) is 0 Å². The molecule has 12 N–H and O–H groups in total. The third-order valence-corrected chi connectivity index (χ3v) is 6.42. The van der Waals surface area contributed by atoms with E-state index < -0.39 is 158 Å². The molecule has 0 radical (unpaired) electrons. The Kier molecular flexibility index (Phi) is 17.8. The predicted octanol–water partition coefficient (Wildman–Crippen LogP) is -4.15. The first kappa shape index (κ1) is 43.0. The minimum absolute atomic E-state index is 0.964. The standard InChI is InChI=1S/C26H34N4O19/c27-11(5-19(35)30-14(26(48)49)8-22(40)41)16(32)1-9(3-17(33)28-12(24(44)45)6-20(36)37)15(31)2-10(23(42)43)4-18(34)29-13(25(46)47)7-21(38)39/h9-14H,1-8,27H2,(H,28,33)(H,29,34)(H,30,35)(H,36,37)(H,38,39)(H,40,41)(H,42,43)(H,44,45)(H,46,47)(H,48,49)/t9-,10-,11-,12+,13+,14+/m1/s1. The maximum absolute atomic E-state index is 13.2. The van der Waals surface area contributed by atoms with Crippen molar-refractivity contribution in [2.75, 3.05) is 0 Å². The second-order valence-corrected chi connectivity index (χ2v) is 10.5. The first-order valence-electron chi connectivity index (χ1n) is 13.8. The van der Waals surface area contributed by atoms with E-state index in [-0.39, 0.29) is 0 Å². The number of ketones is 2. The highest BCUT2D eigenvalue weighted by atomic mass is 16.4. The highest BCUT2D eigenvalue weighted by molar-refractivity contribution is 5.98. The number of carbonyl (C=O) groups is 12. The van der Waals surface area contributed by atoms with Gasteiger partial charge < -0.3 is 57.4 Å². The number of hydrogen-bond donors (Lipinski definition) is 11. The number of carbonyl (C=O) groups excluding carboxylic acids is 5. The molecule has 0 aromatic heterocycles. The van der Waals surface area contributed by atoms with E-state index in [9.17, 15) is 67.7 Å². The fraction of sp³-hybridized carbons (Fsp3) is 0.538. The van der Waals surface area contributed by atoms with Crippen LogP contribution in [0.1, 0.15) is 51.4 Å².